The Balaban J connectivity index is 1.49. The number of nitrogens with one attached hydrogen (secondary N) is 1. The molecule has 0 saturated heterocycles. The minimum atomic E-state index is -0.0988. The van der Waals surface area contributed by atoms with Gasteiger partial charge in [-0.05, 0) is 36.8 Å². The summed E-state index contributed by atoms with van der Waals surface area (Å²) in [5.74, 6) is -0.0988. The molecule has 0 aliphatic carbocycles. The summed E-state index contributed by atoms with van der Waals surface area (Å²) in [4.78, 5) is 12.4. The summed E-state index contributed by atoms with van der Waals surface area (Å²) in [7, 11) is 0. The Morgan fingerprint density at radius 1 is 0.929 bits per heavy atom. The fourth-order valence-electron chi connectivity index (χ4n) is 3.42. The Morgan fingerprint density at radius 2 is 1.50 bits per heavy atom. The number of halogens is 1. The second-order valence-corrected chi connectivity index (χ2v) is 7.59. The lowest BCUT2D eigenvalue weighted by atomic mass is 10.1. The van der Waals surface area contributed by atoms with Gasteiger partial charge in [0.15, 0.2) is 0 Å². The number of carbonyl (C=O) groups is 1. The molecule has 4 nitrogen and oxygen atoms in total. The maximum atomic E-state index is 12.4. The first-order valence-electron chi connectivity index (χ1n) is 9.18. The molecule has 5 heteroatoms. The highest BCUT2D eigenvalue weighted by Crippen LogP contribution is 2.28. The van der Waals surface area contributed by atoms with Crippen molar-refractivity contribution in [1.29, 1.82) is 0 Å². The molecule has 0 spiro atoms. The Kier molecular flexibility index (Phi) is 5.26. The molecule has 0 unspecified atom stereocenters. The van der Waals surface area contributed by atoms with E-state index >= 15 is 0 Å². The van der Waals surface area contributed by atoms with E-state index in [1.54, 1.807) is 0 Å². The van der Waals surface area contributed by atoms with E-state index in [9.17, 15) is 4.79 Å². The van der Waals surface area contributed by atoms with Crippen LogP contribution in [0, 0.1) is 0 Å². The number of hydrogen-bond donors (Lipinski definition) is 1. The zero-order valence-corrected chi connectivity index (χ0v) is 17.1. The lowest BCUT2D eigenvalue weighted by molar-refractivity contribution is -0.121. The summed E-state index contributed by atoms with van der Waals surface area (Å²) in [6.45, 7) is 2.49. The Hall–Kier alpha value is -2.92. The van der Waals surface area contributed by atoms with E-state index in [2.05, 4.69) is 55.3 Å². The van der Waals surface area contributed by atoms with Crippen LogP contribution in [0.25, 0.3) is 21.8 Å². The molecule has 3 aromatic carbocycles. The molecule has 0 bridgehead atoms. The van der Waals surface area contributed by atoms with Crippen LogP contribution in [-0.2, 0) is 11.3 Å². The molecule has 1 amide bonds. The fraction of sp³-hybridized carbons (Fsp3) is 0.130. The van der Waals surface area contributed by atoms with Crippen molar-refractivity contribution in [3.63, 3.8) is 0 Å². The van der Waals surface area contributed by atoms with Crippen LogP contribution < -0.4 is 5.43 Å². The molecular formula is C23H20BrN3O. The highest BCUT2D eigenvalue weighted by atomic mass is 79.9. The van der Waals surface area contributed by atoms with Crippen LogP contribution in [0.3, 0.4) is 0 Å². The van der Waals surface area contributed by atoms with Crippen molar-refractivity contribution >= 4 is 49.4 Å². The highest BCUT2D eigenvalue weighted by Gasteiger charge is 2.11. The van der Waals surface area contributed by atoms with Gasteiger partial charge in [0.1, 0.15) is 0 Å². The molecule has 4 rings (SSSR count). The first-order chi connectivity index (χ1) is 13.6. The number of nitrogens with zero attached hydrogens (tertiary/aromatic N) is 2. The molecule has 0 radical (unpaired) electrons. The first-order valence-corrected chi connectivity index (χ1v) is 9.98. The standard InChI is InChI=1S/C23H20BrN3O/c1-16(17-10-12-18(24)13-11-17)25-26-23(28)14-15-27-21-8-4-2-6-19(21)20-7-3-5-9-22(20)27/h2-13H,14-15H2,1H3,(H,26,28)/b25-16-. The normalized spacial score (nSPS) is 11.9. The van der Waals surface area contributed by atoms with E-state index in [0.29, 0.717) is 13.0 Å². The number of hydrogen-bond acceptors (Lipinski definition) is 2. The van der Waals surface area contributed by atoms with Gasteiger partial charge in [-0.2, -0.15) is 5.10 Å². The number of aromatic nitrogens is 1. The number of fused-ring (bicyclic) bond motifs is 3. The minimum Gasteiger partial charge on any atom is -0.340 e. The second-order valence-electron chi connectivity index (χ2n) is 6.68. The van der Waals surface area contributed by atoms with Crippen LogP contribution in [-0.4, -0.2) is 16.2 Å². The summed E-state index contributed by atoms with van der Waals surface area (Å²) in [5, 5.41) is 6.66. The fourth-order valence-corrected chi connectivity index (χ4v) is 3.68. The minimum absolute atomic E-state index is 0.0988. The quantitative estimate of drug-likeness (QED) is 0.328. The first kappa shape index (κ1) is 18.4. The predicted octanol–water partition coefficient (Wildman–Crippen LogP) is 5.49. The third kappa shape index (κ3) is 3.71. The van der Waals surface area contributed by atoms with E-state index < -0.39 is 0 Å². The monoisotopic (exact) mass is 433 g/mol. The number of rotatable bonds is 5. The molecule has 0 aliphatic heterocycles. The second kappa shape index (κ2) is 7.98. The smallest absolute Gasteiger partial charge is 0.241 e. The summed E-state index contributed by atoms with van der Waals surface area (Å²) < 4.78 is 3.22. The van der Waals surface area contributed by atoms with Crippen molar-refractivity contribution in [3.05, 3.63) is 82.8 Å². The van der Waals surface area contributed by atoms with Gasteiger partial charge < -0.3 is 4.57 Å². The van der Waals surface area contributed by atoms with Crippen molar-refractivity contribution in [2.45, 2.75) is 19.9 Å². The van der Waals surface area contributed by atoms with E-state index in [4.69, 9.17) is 0 Å². The number of carbonyl (C=O) groups excluding carboxylic acids is 1. The van der Waals surface area contributed by atoms with E-state index in [-0.39, 0.29) is 5.91 Å². The van der Waals surface area contributed by atoms with Gasteiger partial charge in [-0.1, -0.05) is 64.5 Å². The molecule has 0 aliphatic rings. The molecule has 140 valence electrons. The van der Waals surface area contributed by atoms with Crippen molar-refractivity contribution < 1.29 is 4.79 Å². The molecule has 1 N–H and O–H groups in total. The van der Waals surface area contributed by atoms with Gasteiger partial charge in [0, 0.05) is 39.2 Å². The maximum Gasteiger partial charge on any atom is 0.241 e. The van der Waals surface area contributed by atoms with Crippen LogP contribution >= 0.6 is 15.9 Å². The largest absolute Gasteiger partial charge is 0.340 e. The summed E-state index contributed by atoms with van der Waals surface area (Å²) in [5.41, 5.74) is 6.72. The lowest BCUT2D eigenvalue weighted by Crippen LogP contribution is -2.20. The van der Waals surface area contributed by atoms with Crippen molar-refractivity contribution in [1.82, 2.24) is 9.99 Å². The molecular weight excluding hydrogens is 414 g/mol. The average molecular weight is 434 g/mol. The van der Waals surface area contributed by atoms with Crippen molar-refractivity contribution in [3.8, 4) is 0 Å². The highest BCUT2D eigenvalue weighted by molar-refractivity contribution is 9.10. The SMILES string of the molecule is C/C(=N/NC(=O)CCn1c2ccccc2c2ccccc21)c1ccc(Br)cc1. The van der Waals surface area contributed by atoms with Crippen LogP contribution in [0.15, 0.2) is 82.4 Å². The Labute approximate surface area is 172 Å². The number of para-hydroxylation sites is 2. The van der Waals surface area contributed by atoms with Gasteiger partial charge in [-0.3, -0.25) is 4.79 Å². The summed E-state index contributed by atoms with van der Waals surface area (Å²) in [6.07, 6.45) is 0.361. The molecule has 0 saturated carbocycles. The zero-order valence-electron chi connectivity index (χ0n) is 15.5. The molecule has 1 aromatic heterocycles. The number of amides is 1. The number of hydrazone groups is 1. The Morgan fingerprint density at radius 3 is 2.11 bits per heavy atom. The summed E-state index contributed by atoms with van der Waals surface area (Å²) >= 11 is 3.42. The molecule has 4 aromatic rings. The van der Waals surface area contributed by atoms with E-state index in [1.165, 1.54) is 10.8 Å². The summed E-state index contributed by atoms with van der Waals surface area (Å²) in [6, 6.07) is 24.5. The third-order valence-corrected chi connectivity index (χ3v) is 5.38. The number of aryl methyl sites for hydroxylation is 1. The third-order valence-electron chi connectivity index (χ3n) is 4.85. The van der Waals surface area contributed by atoms with E-state index in [0.717, 1.165) is 26.8 Å². The van der Waals surface area contributed by atoms with Gasteiger partial charge >= 0.3 is 0 Å². The van der Waals surface area contributed by atoms with Crippen LogP contribution in [0.1, 0.15) is 18.9 Å². The van der Waals surface area contributed by atoms with Gasteiger partial charge in [0.2, 0.25) is 5.91 Å². The van der Waals surface area contributed by atoms with Gasteiger partial charge in [-0.25, -0.2) is 5.43 Å². The lowest BCUT2D eigenvalue weighted by Gasteiger charge is -2.07. The molecule has 0 fully saturated rings. The molecule has 0 atom stereocenters. The van der Waals surface area contributed by atoms with Crippen molar-refractivity contribution in [2.75, 3.05) is 0 Å². The number of benzene rings is 3. The predicted molar refractivity (Wildman–Crippen MR) is 119 cm³/mol. The zero-order chi connectivity index (χ0) is 19.5. The average Bonchev–Trinajstić information content (AvgIpc) is 3.05. The van der Waals surface area contributed by atoms with Gasteiger partial charge in [-0.15, -0.1) is 0 Å². The maximum absolute atomic E-state index is 12.4. The van der Waals surface area contributed by atoms with Gasteiger partial charge in [0.25, 0.3) is 0 Å². The van der Waals surface area contributed by atoms with Crippen LogP contribution in [0.2, 0.25) is 0 Å². The van der Waals surface area contributed by atoms with Gasteiger partial charge in [0.05, 0.1) is 5.71 Å². The molecule has 28 heavy (non-hydrogen) atoms. The van der Waals surface area contributed by atoms with Crippen LogP contribution in [0.5, 0.6) is 0 Å². The Bertz CT molecular complexity index is 1120. The van der Waals surface area contributed by atoms with Crippen molar-refractivity contribution in [2.24, 2.45) is 5.10 Å². The van der Waals surface area contributed by atoms with E-state index in [1.807, 2.05) is 55.5 Å². The molecule has 1 heterocycles. The van der Waals surface area contributed by atoms with Crippen LogP contribution in [0.4, 0.5) is 0 Å². The topological polar surface area (TPSA) is 46.4 Å².